The van der Waals surface area contributed by atoms with Crippen molar-refractivity contribution in [2.45, 2.75) is 20.4 Å². The molecule has 0 saturated heterocycles. The number of carbonyl (C=O) groups excluding carboxylic acids is 1. The fourth-order valence-electron chi connectivity index (χ4n) is 2.69. The van der Waals surface area contributed by atoms with E-state index < -0.39 is 10.8 Å². The Morgan fingerprint density at radius 1 is 1.23 bits per heavy atom. The molecule has 0 radical (unpaired) electrons. The van der Waals surface area contributed by atoms with Crippen molar-refractivity contribution in [1.82, 2.24) is 9.55 Å². The second-order valence-electron chi connectivity index (χ2n) is 5.96. The Kier molecular flexibility index (Phi) is 4.49. The molecule has 0 aliphatic rings. The Labute approximate surface area is 148 Å². The molecule has 8 heteroatoms. The minimum atomic E-state index is -0.509. The highest BCUT2D eigenvalue weighted by molar-refractivity contribution is 5.91. The van der Waals surface area contributed by atoms with Crippen molar-refractivity contribution < 1.29 is 9.72 Å². The maximum Gasteiger partial charge on any atom is 0.274 e. The average molecular weight is 352 g/mol. The number of hydrogen-bond donors (Lipinski definition) is 1. The van der Waals surface area contributed by atoms with Crippen LogP contribution in [-0.2, 0) is 11.3 Å². The van der Waals surface area contributed by atoms with E-state index in [9.17, 15) is 19.7 Å². The quantitative estimate of drug-likeness (QED) is 0.573. The lowest BCUT2D eigenvalue weighted by molar-refractivity contribution is -0.385. The number of fused-ring (bicyclic) bond motifs is 1. The zero-order valence-electron chi connectivity index (χ0n) is 14.2. The first-order valence-corrected chi connectivity index (χ1v) is 7.86. The van der Waals surface area contributed by atoms with Crippen LogP contribution < -0.4 is 10.9 Å². The summed E-state index contributed by atoms with van der Waals surface area (Å²) < 4.78 is 1.21. The molecule has 2 aromatic carbocycles. The summed E-state index contributed by atoms with van der Waals surface area (Å²) in [5.74, 6) is -0.473. The van der Waals surface area contributed by atoms with Crippen LogP contribution in [0, 0.1) is 24.0 Å². The third-order valence-corrected chi connectivity index (χ3v) is 4.06. The number of aromatic nitrogens is 2. The molecule has 0 spiro atoms. The van der Waals surface area contributed by atoms with Crippen molar-refractivity contribution in [3.8, 4) is 0 Å². The van der Waals surface area contributed by atoms with Gasteiger partial charge in [0.1, 0.15) is 6.54 Å². The number of nitro groups is 1. The number of rotatable bonds is 4. The van der Waals surface area contributed by atoms with E-state index in [0.29, 0.717) is 22.2 Å². The molecule has 0 atom stereocenters. The van der Waals surface area contributed by atoms with Crippen LogP contribution in [0.5, 0.6) is 0 Å². The summed E-state index contributed by atoms with van der Waals surface area (Å²) in [5, 5.41) is 14.0. The van der Waals surface area contributed by atoms with E-state index in [0.717, 1.165) is 5.56 Å². The van der Waals surface area contributed by atoms with Crippen molar-refractivity contribution >= 4 is 28.2 Å². The van der Waals surface area contributed by atoms with Crippen molar-refractivity contribution in [1.29, 1.82) is 0 Å². The number of benzene rings is 2. The maximum absolute atomic E-state index is 12.5. The second kappa shape index (κ2) is 6.75. The van der Waals surface area contributed by atoms with Gasteiger partial charge < -0.3 is 5.32 Å². The zero-order chi connectivity index (χ0) is 18.8. The van der Waals surface area contributed by atoms with Gasteiger partial charge in [0.05, 0.1) is 22.2 Å². The highest BCUT2D eigenvalue weighted by atomic mass is 16.6. The summed E-state index contributed by atoms with van der Waals surface area (Å²) in [6.07, 6.45) is 1.33. The van der Waals surface area contributed by atoms with Gasteiger partial charge in [-0.3, -0.25) is 24.3 Å². The molecule has 1 amide bonds. The van der Waals surface area contributed by atoms with Crippen LogP contribution in [-0.4, -0.2) is 20.4 Å². The summed E-state index contributed by atoms with van der Waals surface area (Å²) in [6, 6.07) is 9.70. The highest BCUT2D eigenvalue weighted by Gasteiger charge is 2.13. The van der Waals surface area contributed by atoms with Crippen molar-refractivity contribution in [2.24, 2.45) is 0 Å². The van der Waals surface area contributed by atoms with E-state index in [1.54, 1.807) is 31.2 Å². The molecule has 3 aromatic rings. The largest absolute Gasteiger partial charge is 0.324 e. The molecule has 0 unspecified atom stereocenters. The number of amides is 1. The van der Waals surface area contributed by atoms with E-state index in [4.69, 9.17) is 0 Å². The van der Waals surface area contributed by atoms with Crippen LogP contribution >= 0.6 is 0 Å². The van der Waals surface area contributed by atoms with Gasteiger partial charge in [-0.05, 0) is 31.5 Å². The summed E-state index contributed by atoms with van der Waals surface area (Å²) in [7, 11) is 0. The van der Waals surface area contributed by atoms with Gasteiger partial charge in [0.2, 0.25) is 5.91 Å². The molecule has 8 nitrogen and oxygen atoms in total. The molecular weight excluding hydrogens is 336 g/mol. The molecule has 1 aromatic heterocycles. The highest BCUT2D eigenvalue weighted by Crippen LogP contribution is 2.22. The van der Waals surface area contributed by atoms with Gasteiger partial charge in [0.25, 0.3) is 11.2 Å². The molecule has 0 fully saturated rings. The summed E-state index contributed by atoms with van der Waals surface area (Å²) in [4.78, 5) is 39.5. The topological polar surface area (TPSA) is 107 Å². The molecule has 1 N–H and O–H groups in total. The number of para-hydroxylation sites is 1. The Balaban J connectivity index is 1.84. The monoisotopic (exact) mass is 352 g/mol. The van der Waals surface area contributed by atoms with E-state index in [2.05, 4.69) is 10.3 Å². The predicted octanol–water partition coefficient (Wildman–Crippen LogP) is 2.56. The molecule has 0 bridgehead atoms. The third kappa shape index (κ3) is 3.30. The van der Waals surface area contributed by atoms with Gasteiger partial charge in [-0.25, -0.2) is 4.98 Å². The van der Waals surface area contributed by atoms with E-state index in [1.165, 1.54) is 17.0 Å². The summed E-state index contributed by atoms with van der Waals surface area (Å²) >= 11 is 0. The number of carbonyl (C=O) groups is 1. The smallest absolute Gasteiger partial charge is 0.274 e. The number of nitrogens with zero attached hydrogens (tertiary/aromatic N) is 3. The summed E-state index contributed by atoms with van der Waals surface area (Å²) in [6.45, 7) is 3.24. The Bertz CT molecular complexity index is 1090. The number of nitro benzene ring substituents is 1. The average Bonchev–Trinajstić information content (AvgIpc) is 2.59. The van der Waals surface area contributed by atoms with Crippen LogP contribution in [0.25, 0.3) is 10.9 Å². The summed E-state index contributed by atoms with van der Waals surface area (Å²) in [5.41, 5.74) is 1.88. The molecule has 1 heterocycles. The number of anilines is 1. The van der Waals surface area contributed by atoms with Gasteiger partial charge in [-0.2, -0.15) is 0 Å². The van der Waals surface area contributed by atoms with Crippen molar-refractivity contribution in [2.75, 3.05) is 5.32 Å². The normalized spacial score (nSPS) is 10.7. The van der Waals surface area contributed by atoms with Crippen LogP contribution in [0.2, 0.25) is 0 Å². The molecular formula is C18H16N4O4. The van der Waals surface area contributed by atoms with Crippen LogP contribution in [0.3, 0.4) is 0 Å². The lowest BCUT2D eigenvalue weighted by Gasteiger charge is -2.09. The second-order valence-corrected chi connectivity index (χ2v) is 5.96. The first-order chi connectivity index (χ1) is 12.4. The molecule has 26 heavy (non-hydrogen) atoms. The standard InChI is InChI=1S/C18H16N4O4/c1-11-6-7-13(8-15(11)22(25)26)20-16(23)9-21-10-19-17-12(2)4-3-5-14(17)18(21)24/h3-8,10H,9H2,1-2H3,(H,20,23). The molecule has 0 saturated carbocycles. The van der Waals surface area contributed by atoms with E-state index >= 15 is 0 Å². The van der Waals surface area contributed by atoms with Crippen LogP contribution in [0.4, 0.5) is 11.4 Å². The maximum atomic E-state index is 12.5. The first-order valence-electron chi connectivity index (χ1n) is 7.86. The Morgan fingerprint density at radius 3 is 2.73 bits per heavy atom. The molecule has 0 aliphatic heterocycles. The number of nitrogens with one attached hydrogen (secondary N) is 1. The number of hydrogen-bond acceptors (Lipinski definition) is 5. The van der Waals surface area contributed by atoms with E-state index in [-0.39, 0.29) is 17.8 Å². The van der Waals surface area contributed by atoms with Gasteiger partial charge in [0.15, 0.2) is 0 Å². The van der Waals surface area contributed by atoms with Crippen molar-refractivity contribution in [3.63, 3.8) is 0 Å². The predicted molar refractivity (Wildman–Crippen MR) is 97.2 cm³/mol. The third-order valence-electron chi connectivity index (χ3n) is 4.06. The van der Waals surface area contributed by atoms with Crippen LogP contribution in [0.15, 0.2) is 47.5 Å². The van der Waals surface area contributed by atoms with Crippen LogP contribution in [0.1, 0.15) is 11.1 Å². The zero-order valence-corrected chi connectivity index (χ0v) is 14.2. The fourth-order valence-corrected chi connectivity index (χ4v) is 2.69. The SMILES string of the molecule is Cc1ccc(NC(=O)Cn2cnc3c(C)cccc3c2=O)cc1[N+](=O)[O-]. The van der Waals surface area contributed by atoms with Gasteiger partial charge in [-0.1, -0.05) is 18.2 Å². The molecule has 3 rings (SSSR count). The first kappa shape index (κ1) is 17.3. The van der Waals surface area contributed by atoms with Gasteiger partial charge >= 0.3 is 0 Å². The van der Waals surface area contributed by atoms with E-state index in [1.807, 2.05) is 13.0 Å². The lowest BCUT2D eigenvalue weighted by atomic mass is 10.1. The number of aryl methyl sites for hydroxylation is 2. The Morgan fingerprint density at radius 2 is 2.00 bits per heavy atom. The minimum absolute atomic E-state index is 0.0807. The fraction of sp³-hybridized carbons (Fsp3) is 0.167. The van der Waals surface area contributed by atoms with Crippen molar-refractivity contribution in [3.05, 3.63) is 74.3 Å². The van der Waals surface area contributed by atoms with Gasteiger partial charge in [0, 0.05) is 17.3 Å². The minimum Gasteiger partial charge on any atom is -0.324 e. The molecule has 132 valence electrons. The lowest BCUT2D eigenvalue weighted by Crippen LogP contribution is -2.28. The van der Waals surface area contributed by atoms with Gasteiger partial charge in [-0.15, -0.1) is 0 Å². The Hall–Kier alpha value is -3.55. The molecule has 0 aliphatic carbocycles.